The van der Waals surface area contributed by atoms with Crippen molar-refractivity contribution in [3.8, 4) is 0 Å². The van der Waals surface area contributed by atoms with Gasteiger partial charge in [0.25, 0.3) is 0 Å². The van der Waals surface area contributed by atoms with Crippen LogP contribution in [-0.4, -0.2) is 47.1 Å². The first kappa shape index (κ1) is 26.1. The molecule has 3 atom stereocenters. The predicted molar refractivity (Wildman–Crippen MR) is 125 cm³/mol. The minimum atomic E-state index is -1.34. The smallest absolute Gasteiger partial charge is 0.408 e. The molecule has 0 saturated carbocycles. The molecule has 0 aliphatic rings. The third-order valence-electron chi connectivity index (χ3n) is 4.84. The second kappa shape index (κ2) is 13.4. The Kier molecular flexibility index (Phi) is 10.6. The molecule has 33 heavy (non-hydrogen) atoms. The lowest BCUT2D eigenvalue weighted by molar-refractivity contribution is -0.145. The topological polar surface area (TPSA) is 111 Å². The number of amides is 2. The second-order valence-corrected chi connectivity index (χ2v) is 9.23. The fraction of sp³-hybridized carbons (Fsp3) is 0.375. The summed E-state index contributed by atoms with van der Waals surface area (Å²) in [6.45, 7) is 3.59. The van der Waals surface area contributed by atoms with E-state index in [1.165, 1.54) is 7.11 Å². The predicted octanol–water partition coefficient (Wildman–Crippen LogP) is 2.79. The number of ether oxygens (including phenoxy) is 2. The fourth-order valence-corrected chi connectivity index (χ4v) is 4.14. The zero-order chi connectivity index (χ0) is 24.2. The summed E-state index contributed by atoms with van der Waals surface area (Å²) >= 11 is 0. The van der Waals surface area contributed by atoms with Gasteiger partial charge in [-0.2, -0.15) is 0 Å². The van der Waals surface area contributed by atoms with Gasteiger partial charge in [-0.05, 0) is 30.0 Å². The van der Waals surface area contributed by atoms with E-state index in [4.69, 9.17) is 9.47 Å². The minimum absolute atomic E-state index is 0.0647. The number of carbonyl (C=O) groups is 3. The van der Waals surface area contributed by atoms with Gasteiger partial charge in [-0.25, -0.2) is 9.59 Å². The van der Waals surface area contributed by atoms with Gasteiger partial charge in [0.05, 0.1) is 17.9 Å². The second-order valence-electron chi connectivity index (χ2n) is 7.66. The van der Waals surface area contributed by atoms with Crippen molar-refractivity contribution < 1.29 is 28.1 Å². The van der Waals surface area contributed by atoms with Crippen molar-refractivity contribution >= 4 is 28.8 Å². The highest BCUT2D eigenvalue weighted by Crippen LogP contribution is 2.10. The van der Waals surface area contributed by atoms with Gasteiger partial charge in [0.1, 0.15) is 18.7 Å². The molecule has 2 aromatic carbocycles. The number of methoxy groups -OCH3 is 1. The van der Waals surface area contributed by atoms with Gasteiger partial charge >= 0.3 is 12.1 Å². The van der Waals surface area contributed by atoms with E-state index in [1.807, 2.05) is 36.4 Å². The third kappa shape index (κ3) is 8.69. The fourth-order valence-electron chi connectivity index (χ4n) is 2.99. The quantitative estimate of drug-likeness (QED) is 0.485. The third-order valence-corrected chi connectivity index (χ3v) is 6.24. The molecule has 0 unspecified atom stereocenters. The Morgan fingerprint density at radius 3 is 2.12 bits per heavy atom. The van der Waals surface area contributed by atoms with Crippen LogP contribution in [0.25, 0.3) is 0 Å². The monoisotopic (exact) mass is 474 g/mol. The maximum absolute atomic E-state index is 12.9. The van der Waals surface area contributed by atoms with Crippen LogP contribution in [0.5, 0.6) is 0 Å². The van der Waals surface area contributed by atoms with Crippen LogP contribution in [-0.2, 0) is 36.5 Å². The summed E-state index contributed by atoms with van der Waals surface area (Å²) in [5.74, 6) is -1.32. The van der Waals surface area contributed by atoms with Crippen molar-refractivity contribution in [2.45, 2.75) is 43.9 Å². The first-order chi connectivity index (χ1) is 15.8. The van der Waals surface area contributed by atoms with Gasteiger partial charge in [0.15, 0.2) is 0 Å². The first-order valence-corrected chi connectivity index (χ1v) is 11.9. The van der Waals surface area contributed by atoms with Crippen LogP contribution in [0, 0.1) is 5.92 Å². The Morgan fingerprint density at radius 2 is 1.55 bits per heavy atom. The van der Waals surface area contributed by atoms with Gasteiger partial charge in [-0.1, -0.05) is 62.4 Å². The molecule has 0 aliphatic carbocycles. The number of rotatable bonds is 11. The Bertz CT molecular complexity index is 936. The van der Waals surface area contributed by atoms with Crippen molar-refractivity contribution in [1.82, 2.24) is 10.6 Å². The number of esters is 1. The van der Waals surface area contributed by atoms with E-state index in [0.717, 1.165) is 5.56 Å². The molecule has 0 aliphatic heterocycles. The number of alkyl carbamates (subject to hydrolysis) is 1. The van der Waals surface area contributed by atoms with Crippen LogP contribution in [0.1, 0.15) is 25.8 Å². The zero-order valence-corrected chi connectivity index (χ0v) is 19.8. The van der Waals surface area contributed by atoms with Crippen molar-refractivity contribution in [2.75, 3.05) is 12.9 Å². The SMILES string of the molecule is COC(=O)[C@H](CC[S@@](=O)c1ccccc1)NC(=O)[C@@H](NC(=O)OCc1ccccc1)C(C)C. The molecule has 0 saturated heterocycles. The lowest BCUT2D eigenvalue weighted by atomic mass is 10.0. The molecule has 0 bridgehead atoms. The molecular weight excluding hydrogens is 444 g/mol. The van der Waals surface area contributed by atoms with Crippen LogP contribution in [0.4, 0.5) is 4.79 Å². The molecule has 2 amide bonds. The molecule has 8 nitrogen and oxygen atoms in total. The van der Waals surface area contributed by atoms with E-state index < -0.39 is 40.9 Å². The summed E-state index contributed by atoms with van der Waals surface area (Å²) in [5, 5.41) is 5.17. The number of benzene rings is 2. The first-order valence-electron chi connectivity index (χ1n) is 10.6. The Balaban J connectivity index is 1.96. The summed E-state index contributed by atoms with van der Waals surface area (Å²) in [5.41, 5.74) is 0.815. The zero-order valence-electron chi connectivity index (χ0n) is 19.0. The van der Waals surface area contributed by atoms with Crippen molar-refractivity contribution in [2.24, 2.45) is 5.92 Å². The molecule has 2 aromatic rings. The molecule has 9 heteroatoms. The normalized spacial score (nSPS) is 13.5. The maximum atomic E-state index is 12.9. The van der Waals surface area contributed by atoms with Gasteiger partial charge < -0.3 is 20.1 Å². The van der Waals surface area contributed by atoms with Crippen LogP contribution >= 0.6 is 0 Å². The van der Waals surface area contributed by atoms with E-state index in [-0.39, 0.29) is 24.7 Å². The molecule has 0 radical (unpaired) electrons. The molecule has 0 spiro atoms. The van der Waals surface area contributed by atoms with Crippen LogP contribution in [0.15, 0.2) is 65.6 Å². The average Bonchev–Trinajstić information content (AvgIpc) is 2.83. The summed E-state index contributed by atoms with van der Waals surface area (Å²) in [6.07, 6.45) is -0.629. The maximum Gasteiger partial charge on any atom is 0.408 e. The van der Waals surface area contributed by atoms with Gasteiger partial charge in [-0.15, -0.1) is 0 Å². The lowest BCUT2D eigenvalue weighted by Crippen LogP contribution is -2.54. The van der Waals surface area contributed by atoms with E-state index in [0.29, 0.717) is 4.90 Å². The summed E-state index contributed by atoms with van der Waals surface area (Å²) in [4.78, 5) is 38.0. The average molecular weight is 475 g/mol. The minimum Gasteiger partial charge on any atom is -0.467 e. The molecule has 2 N–H and O–H groups in total. The highest BCUT2D eigenvalue weighted by Gasteiger charge is 2.30. The van der Waals surface area contributed by atoms with Crippen LogP contribution < -0.4 is 10.6 Å². The molecule has 0 aromatic heterocycles. The van der Waals surface area contributed by atoms with E-state index in [2.05, 4.69) is 10.6 Å². The Morgan fingerprint density at radius 1 is 0.939 bits per heavy atom. The van der Waals surface area contributed by atoms with Crippen molar-refractivity contribution in [1.29, 1.82) is 0 Å². The summed E-state index contributed by atoms with van der Waals surface area (Å²) in [7, 11) is -0.119. The Hall–Kier alpha value is -3.20. The molecular formula is C24H30N2O6S. The van der Waals surface area contributed by atoms with Crippen LogP contribution in [0.3, 0.4) is 0 Å². The van der Waals surface area contributed by atoms with Gasteiger partial charge in [0, 0.05) is 10.6 Å². The largest absolute Gasteiger partial charge is 0.467 e. The number of carbonyl (C=O) groups excluding carboxylic acids is 3. The van der Waals surface area contributed by atoms with Crippen LogP contribution in [0.2, 0.25) is 0 Å². The molecule has 178 valence electrons. The van der Waals surface area contributed by atoms with Crippen molar-refractivity contribution in [3.63, 3.8) is 0 Å². The molecule has 2 rings (SSSR count). The highest BCUT2D eigenvalue weighted by atomic mass is 32.2. The van der Waals surface area contributed by atoms with Gasteiger partial charge in [-0.3, -0.25) is 9.00 Å². The number of hydrogen-bond donors (Lipinski definition) is 2. The number of hydrogen-bond acceptors (Lipinski definition) is 6. The Labute approximate surface area is 196 Å². The highest BCUT2D eigenvalue weighted by molar-refractivity contribution is 7.85. The number of nitrogens with one attached hydrogen (secondary N) is 2. The lowest BCUT2D eigenvalue weighted by Gasteiger charge is -2.24. The molecule has 0 fully saturated rings. The van der Waals surface area contributed by atoms with E-state index in [1.54, 1.807) is 38.1 Å². The summed E-state index contributed by atoms with van der Waals surface area (Å²) < 4.78 is 22.5. The standard InChI is InChI=1S/C24H30N2O6S/c1-17(2)21(26-24(29)32-16-18-10-6-4-7-11-18)22(27)25-20(23(28)31-3)14-15-33(30)19-12-8-5-9-13-19/h4-13,17,20-21H,14-16H2,1-3H3,(H,25,27)(H,26,29)/t20-,21-,33+/m0/s1. The van der Waals surface area contributed by atoms with E-state index >= 15 is 0 Å². The van der Waals surface area contributed by atoms with Gasteiger partial charge in [0.2, 0.25) is 5.91 Å². The van der Waals surface area contributed by atoms with E-state index in [9.17, 15) is 18.6 Å². The molecule has 0 heterocycles. The summed E-state index contributed by atoms with van der Waals surface area (Å²) in [6, 6.07) is 16.1. The van der Waals surface area contributed by atoms with Crippen molar-refractivity contribution in [3.05, 3.63) is 66.2 Å².